The number of benzene rings is 1. The Labute approximate surface area is 107 Å². The maximum atomic E-state index is 11.3. The molecular weight excluding hydrogens is 238 g/mol. The van der Waals surface area contributed by atoms with Crippen molar-refractivity contribution in [1.29, 1.82) is 0 Å². The molecule has 0 heterocycles. The van der Waals surface area contributed by atoms with Crippen molar-refractivity contribution >= 4 is 23.2 Å². The van der Waals surface area contributed by atoms with Gasteiger partial charge >= 0.3 is 0 Å². The number of hydrogen-bond acceptors (Lipinski definition) is 3. The van der Waals surface area contributed by atoms with E-state index in [-0.39, 0.29) is 5.91 Å². The van der Waals surface area contributed by atoms with Crippen LogP contribution in [0.25, 0.3) is 0 Å². The van der Waals surface area contributed by atoms with Crippen molar-refractivity contribution in [2.45, 2.75) is 13.5 Å². The first-order valence-electron chi connectivity index (χ1n) is 5.53. The average molecular weight is 256 g/mol. The van der Waals surface area contributed by atoms with E-state index in [0.717, 1.165) is 12.1 Å². The van der Waals surface area contributed by atoms with Crippen molar-refractivity contribution in [3.8, 4) is 0 Å². The average Bonchev–Trinajstić information content (AvgIpc) is 2.31. The highest BCUT2D eigenvalue weighted by Gasteiger charge is 2.10. The van der Waals surface area contributed by atoms with E-state index in [1.54, 1.807) is 13.1 Å². The maximum Gasteiger partial charge on any atom is 0.233 e. The molecule has 0 bridgehead atoms. The highest BCUT2D eigenvalue weighted by Crippen LogP contribution is 2.20. The van der Waals surface area contributed by atoms with Crippen molar-refractivity contribution in [1.82, 2.24) is 10.2 Å². The molecule has 0 fully saturated rings. The molecule has 0 saturated heterocycles. The van der Waals surface area contributed by atoms with Gasteiger partial charge in [0.05, 0.1) is 6.54 Å². The third kappa shape index (κ3) is 4.24. The van der Waals surface area contributed by atoms with Crippen LogP contribution in [0.4, 0.5) is 5.69 Å². The Kier molecular flexibility index (Phi) is 5.25. The Morgan fingerprint density at radius 1 is 1.53 bits per heavy atom. The Balaban J connectivity index is 2.70. The van der Waals surface area contributed by atoms with Crippen LogP contribution in [0.2, 0.25) is 5.02 Å². The topological polar surface area (TPSA) is 58.4 Å². The van der Waals surface area contributed by atoms with Gasteiger partial charge in [-0.05, 0) is 24.2 Å². The molecule has 0 saturated carbocycles. The fourth-order valence-corrected chi connectivity index (χ4v) is 1.74. The third-order valence-corrected chi connectivity index (χ3v) is 2.92. The van der Waals surface area contributed by atoms with Gasteiger partial charge in [0, 0.05) is 24.3 Å². The first-order chi connectivity index (χ1) is 8.06. The second-order valence-electron chi connectivity index (χ2n) is 3.83. The Morgan fingerprint density at radius 2 is 2.24 bits per heavy atom. The lowest BCUT2D eigenvalue weighted by Gasteiger charge is -2.20. The second kappa shape index (κ2) is 6.47. The Hall–Kier alpha value is -1.26. The Morgan fingerprint density at radius 3 is 2.76 bits per heavy atom. The summed E-state index contributed by atoms with van der Waals surface area (Å²) in [6.07, 6.45) is 0. The van der Waals surface area contributed by atoms with E-state index < -0.39 is 0 Å². The zero-order valence-electron chi connectivity index (χ0n) is 10.2. The fraction of sp³-hybridized carbons (Fsp3) is 0.417. The summed E-state index contributed by atoms with van der Waals surface area (Å²) in [6.45, 7) is 3.80. The lowest BCUT2D eigenvalue weighted by Crippen LogP contribution is -2.35. The summed E-state index contributed by atoms with van der Waals surface area (Å²) in [6, 6.07) is 5.43. The molecule has 3 N–H and O–H groups in total. The minimum absolute atomic E-state index is 0.00147. The van der Waals surface area contributed by atoms with Crippen molar-refractivity contribution in [2.75, 3.05) is 25.9 Å². The highest BCUT2D eigenvalue weighted by atomic mass is 35.5. The lowest BCUT2D eigenvalue weighted by atomic mass is 10.2. The minimum Gasteiger partial charge on any atom is -0.399 e. The van der Waals surface area contributed by atoms with Gasteiger partial charge in [-0.25, -0.2) is 0 Å². The summed E-state index contributed by atoms with van der Waals surface area (Å²) in [5.41, 5.74) is 7.26. The van der Waals surface area contributed by atoms with E-state index in [1.807, 2.05) is 24.0 Å². The molecule has 0 aromatic heterocycles. The number of rotatable bonds is 5. The fourth-order valence-electron chi connectivity index (χ4n) is 1.49. The van der Waals surface area contributed by atoms with Crippen molar-refractivity contribution in [2.24, 2.45) is 0 Å². The minimum atomic E-state index is -0.00147. The number of nitrogens with zero attached hydrogens (tertiary/aromatic N) is 1. The normalized spacial score (nSPS) is 10.6. The molecule has 0 radical (unpaired) electrons. The number of likely N-dealkylation sites (N-methyl/N-ethyl adjacent to an activating group) is 2. The summed E-state index contributed by atoms with van der Waals surface area (Å²) in [7, 11) is 1.63. The van der Waals surface area contributed by atoms with E-state index in [2.05, 4.69) is 5.32 Å². The number of nitrogen functional groups attached to an aromatic ring is 1. The summed E-state index contributed by atoms with van der Waals surface area (Å²) < 4.78 is 0. The molecule has 0 aliphatic rings. The third-order valence-electron chi connectivity index (χ3n) is 2.56. The van der Waals surface area contributed by atoms with E-state index >= 15 is 0 Å². The van der Waals surface area contributed by atoms with Gasteiger partial charge in [-0.2, -0.15) is 0 Å². The summed E-state index contributed by atoms with van der Waals surface area (Å²) in [4.78, 5) is 13.3. The molecule has 0 unspecified atom stereocenters. The molecule has 0 spiro atoms. The number of amides is 1. The zero-order chi connectivity index (χ0) is 12.8. The van der Waals surface area contributed by atoms with Crippen LogP contribution in [0.3, 0.4) is 0 Å². The first kappa shape index (κ1) is 13.8. The molecule has 1 amide bonds. The molecule has 17 heavy (non-hydrogen) atoms. The molecule has 1 rings (SSSR count). The van der Waals surface area contributed by atoms with Crippen LogP contribution in [-0.2, 0) is 11.3 Å². The van der Waals surface area contributed by atoms with E-state index in [4.69, 9.17) is 17.3 Å². The molecule has 0 aliphatic heterocycles. The van der Waals surface area contributed by atoms with Crippen LogP contribution < -0.4 is 11.1 Å². The molecule has 5 heteroatoms. The number of hydrogen-bond donors (Lipinski definition) is 2. The van der Waals surface area contributed by atoms with Gasteiger partial charge in [0.15, 0.2) is 0 Å². The van der Waals surface area contributed by atoms with Crippen molar-refractivity contribution < 1.29 is 4.79 Å². The van der Waals surface area contributed by atoms with Crippen LogP contribution in [0.5, 0.6) is 0 Å². The SMILES string of the molecule is CCN(CC(=O)NC)Cc1ccc(N)cc1Cl. The number of halogens is 1. The zero-order valence-corrected chi connectivity index (χ0v) is 10.9. The smallest absolute Gasteiger partial charge is 0.233 e. The maximum absolute atomic E-state index is 11.3. The molecule has 1 aromatic carbocycles. The number of anilines is 1. The van der Waals surface area contributed by atoms with Crippen LogP contribution in [0, 0.1) is 0 Å². The van der Waals surface area contributed by atoms with Crippen LogP contribution in [-0.4, -0.2) is 30.9 Å². The molecular formula is C12H18ClN3O. The number of nitrogens with two attached hydrogens (primary N) is 1. The largest absolute Gasteiger partial charge is 0.399 e. The molecule has 0 atom stereocenters. The van der Waals surface area contributed by atoms with Gasteiger partial charge in [0.25, 0.3) is 0 Å². The molecule has 0 aliphatic carbocycles. The van der Waals surface area contributed by atoms with Gasteiger partial charge < -0.3 is 11.1 Å². The second-order valence-corrected chi connectivity index (χ2v) is 4.23. The van der Waals surface area contributed by atoms with Crippen LogP contribution in [0.1, 0.15) is 12.5 Å². The van der Waals surface area contributed by atoms with Crippen LogP contribution >= 0.6 is 11.6 Å². The molecule has 94 valence electrons. The first-order valence-corrected chi connectivity index (χ1v) is 5.91. The predicted molar refractivity (Wildman–Crippen MR) is 70.9 cm³/mol. The quantitative estimate of drug-likeness (QED) is 0.784. The number of carbonyl (C=O) groups excluding carboxylic acids is 1. The van der Waals surface area contributed by atoms with E-state index in [0.29, 0.717) is 23.8 Å². The monoisotopic (exact) mass is 255 g/mol. The van der Waals surface area contributed by atoms with Gasteiger partial charge in [-0.15, -0.1) is 0 Å². The summed E-state index contributed by atoms with van der Waals surface area (Å²) in [5, 5.41) is 3.24. The summed E-state index contributed by atoms with van der Waals surface area (Å²) in [5.74, 6) is -0.00147. The Bertz CT molecular complexity index is 395. The predicted octanol–water partition coefficient (Wildman–Crippen LogP) is 1.49. The molecule has 1 aromatic rings. The van der Waals surface area contributed by atoms with Gasteiger partial charge in [-0.1, -0.05) is 24.6 Å². The van der Waals surface area contributed by atoms with Gasteiger partial charge in [-0.3, -0.25) is 9.69 Å². The molecule has 4 nitrogen and oxygen atoms in total. The van der Waals surface area contributed by atoms with Crippen molar-refractivity contribution in [3.05, 3.63) is 28.8 Å². The van der Waals surface area contributed by atoms with E-state index in [1.165, 1.54) is 0 Å². The van der Waals surface area contributed by atoms with Gasteiger partial charge in [0.2, 0.25) is 5.91 Å². The summed E-state index contributed by atoms with van der Waals surface area (Å²) >= 11 is 6.09. The number of nitrogens with one attached hydrogen (secondary N) is 1. The lowest BCUT2D eigenvalue weighted by molar-refractivity contribution is -0.121. The van der Waals surface area contributed by atoms with Crippen molar-refractivity contribution in [3.63, 3.8) is 0 Å². The van der Waals surface area contributed by atoms with E-state index in [9.17, 15) is 4.79 Å². The standard InChI is InChI=1S/C12H18ClN3O/c1-3-16(8-12(17)15-2)7-9-4-5-10(14)6-11(9)13/h4-6H,3,7-8,14H2,1-2H3,(H,15,17). The highest BCUT2D eigenvalue weighted by molar-refractivity contribution is 6.31. The van der Waals surface area contributed by atoms with Gasteiger partial charge in [0.1, 0.15) is 0 Å². The van der Waals surface area contributed by atoms with Crippen LogP contribution in [0.15, 0.2) is 18.2 Å². The number of carbonyl (C=O) groups is 1.